The van der Waals surface area contributed by atoms with Crippen LogP contribution in [0.25, 0.3) is 10.8 Å². The minimum Gasteiger partial charge on any atom is -0.483 e. The Morgan fingerprint density at radius 2 is 1.48 bits per heavy atom. The molecule has 0 heterocycles. The Balaban J connectivity index is 1.41. The van der Waals surface area contributed by atoms with Crippen LogP contribution < -0.4 is 25.6 Å². The number of ether oxygens (including phenoxy) is 2. The third-order valence-electron chi connectivity index (χ3n) is 4.06. The summed E-state index contributed by atoms with van der Waals surface area (Å²) in [6, 6.07) is 14.5. The summed E-state index contributed by atoms with van der Waals surface area (Å²) in [6.45, 7) is -0.581. The molecule has 2 amide bonds. The Morgan fingerprint density at radius 1 is 0.848 bits per heavy atom. The molecule has 3 aromatic rings. The number of hydrogen-bond acceptors (Lipinski definition) is 5. The van der Waals surface area contributed by atoms with Crippen LogP contribution in [-0.4, -0.2) is 30.1 Å². The van der Waals surface area contributed by atoms with Crippen LogP contribution in [0.2, 0.25) is 5.02 Å². The van der Waals surface area contributed by atoms with Gasteiger partial charge in [0.25, 0.3) is 11.8 Å². The summed E-state index contributed by atoms with van der Waals surface area (Å²) in [7, 11) is 0. The average Bonchev–Trinajstić information content (AvgIpc) is 2.76. The van der Waals surface area contributed by atoms with Crippen LogP contribution in [0, 0.1) is 0 Å². The maximum atomic E-state index is 12.1. The molecular weight excluding hydrogens is 665 g/mol. The van der Waals surface area contributed by atoms with Crippen LogP contribution in [0.1, 0.15) is 0 Å². The second-order valence-corrected chi connectivity index (χ2v) is 9.89. The molecule has 172 valence electrons. The van der Waals surface area contributed by atoms with Gasteiger partial charge < -0.3 is 9.47 Å². The molecule has 0 saturated carbocycles. The Labute approximate surface area is 224 Å². The van der Waals surface area contributed by atoms with Crippen molar-refractivity contribution in [3.63, 3.8) is 0 Å². The van der Waals surface area contributed by atoms with Crippen molar-refractivity contribution >= 4 is 99.3 Å². The monoisotopic (exact) mass is 677 g/mol. The summed E-state index contributed by atoms with van der Waals surface area (Å²) in [4.78, 5) is 24.0. The van der Waals surface area contributed by atoms with Crippen molar-refractivity contribution in [3.05, 3.63) is 67.0 Å². The van der Waals surface area contributed by atoms with Gasteiger partial charge in [-0.2, -0.15) is 0 Å². The van der Waals surface area contributed by atoms with E-state index in [0.29, 0.717) is 16.5 Å². The second-order valence-electron chi connectivity index (χ2n) is 6.45. The predicted octanol–water partition coefficient (Wildman–Crippen LogP) is 5.26. The lowest BCUT2D eigenvalue weighted by Gasteiger charge is -2.13. The molecule has 7 nitrogen and oxygen atoms in total. The Morgan fingerprint density at radius 3 is 2.24 bits per heavy atom. The van der Waals surface area contributed by atoms with Crippen molar-refractivity contribution in [2.75, 3.05) is 13.2 Å². The summed E-state index contributed by atoms with van der Waals surface area (Å²) in [5.41, 5.74) is 4.79. The van der Waals surface area contributed by atoms with Crippen LogP contribution >= 0.6 is 71.6 Å². The fourth-order valence-electron chi connectivity index (χ4n) is 2.59. The molecule has 3 N–H and O–H groups in total. The lowest BCUT2D eigenvalue weighted by atomic mass is 10.1. The minimum atomic E-state index is -0.524. The van der Waals surface area contributed by atoms with E-state index in [4.69, 9.17) is 33.3 Å². The molecule has 33 heavy (non-hydrogen) atoms. The molecule has 0 unspecified atom stereocenters. The first kappa shape index (κ1) is 25.7. The molecule has 0 radical (unpaired) electrons. The summed E-state index contributed by atoms with van der Waals surface area (Å²) >= 11 is 21.2. The summed E-state index contributed by atoms with van der Waals surface area (Å²) < 4.78 is 13.4. The van der Waals surface area contributed by atoms with E-state index in [1.165, 1.54) is 0 Å². The molecule has 0 aliphatic rings. The van der Waals surface area contributed by atoms with Crippen molar-refractivity contribution in [2.24, 2.45) is 0 Å². The first-order chi connectivity index (χ1) is 15.7. The number of nitrogens with one attached hydrogen (secondary N) is 3. The molecule has 12 heteroatoms. The molecule has 0 aromatic heterocycles. The van der Waals surface area contributed by atoms with Crippen molar-refractivity contribution in [2.45, 2.75) is 0 Å². The zero-order valence-electron chi connectivity index (χ0n) is 16.6. The maximum Gasteiger partial charge on any atom is 0.276 e. The first-order valence-corrected chi connectivity index (χ1v) is 12.4. The Hall–Kier alpha value is -1.92. The number of fused-ring (bicyclic) bond motifs is 1. The van der Waals surface area contributed by atoms with E-state index in [9.17, 15) is 9.59 Å². The SMILES string of the molecule is O=C(COc1ccc2cc(Br)ccc2c1Br)NNC(=S)NC(=O)COc1ccc(Br)cc1Cl. The lowest BCUT2D eigenvalue weighted by Crippen LogP contribution is -2.50. The van der Waals surface area contributed by atoms with E-state index in [2.05, 4.69) is 64.0 Å². The van der Waals surface area contributed by atoms with Crippen LogP contribution in [0.5, 0.6) is 11.5 Å². The largest absolute Gasteiger partial charge is 0.483 e. The van der Waals surface area contributed by atoms with Gasteiger partial charge in [-0.3, -0.25) is 25.8 Å². The number of carbonyl (C=O) groups is 2. The lowest BCUT2D eigenvalue weighted by molar-refractivity contribution is -0.124. The van der Waals surface area contributed by atoms with Gasteiger partial charge in [-0.15, -0.1) is 0 Å². The predicted molar refractivity (Wildman–Crippen MR) is 142 cm³/mol. The van der Waals surface area contributed by atoms with E-state index >= 15 is 0 Å². The smallest absolute Gasteiger partial charge is 0.276 e. The average molecular weight is 681 g/mol. The highest BCUT2D eigenvalue weighted by atomic mass is 79.9. The zero-order chi connectivity index (χ0) is 24.0. The van der Waals surface area contributed by atoms with Crippen molar-refractivity contribution in [1.82, 2.24) is 16.2 Å². The van der Waals surface area contributed by atoms with E-state index in [-0.39, 0.29) is 18.3 Å². The van der Waals surface area contributed by atoms with Gasteiger partial charge in [0.1, 0.15) is 11.5 Å². The van der Waals surface area contributed by atoms with E-state index in [1.54, 1.807) is 24.3 Å². The van der Waals surface area contributed by atoms with Crippen LogP contribution in [0.4, 0.5) is 0 Å². The first-order valence-electron chi connectivity index (χ1n) is 9.20. The minimum absolute atomic E-state index is 0.101. The number of benzene rings is 3. The van der Waals surface area contributed by atoms with Crippen molar-refractivity contribution in [3.8, 4) is 11.5 Å². The Bertz CT molecular complexity index is 1230. The number of hydrogen-bond donors (Lipinski definition) is 3. The highest BCUT2D eigenvalue weighted by Crippen LogP contribution is 2.34. The second kappa shape index (κ2) is 12.0. The Kier molecular flexibility index (Phi) is 9.33. The van der Waals surface area contributed by atoms with E-state index < -0.39 is 11.8 Å². The van der Waals surface area contributed by atoms with Crippen molar-refractivity contribution < 1.29 is 19.1 Å². The zero-order valence-corrected chi connectivity index (χ0v) is 22.9. The number of hydrazine groups is 1. The maximum absolute atomic E-state index is 12.1. The highest BCUT2D eigenvalue weighted by Gasteiger charge is 2.11. The molecule has 0 atom stereocenters. The molecule has 0 aliphatic heterocycles. The van der Waals surface area contributed by atoms with Gasteiger partial charge >= 0.3 is 0 Å². The summed E-state index contributed by atoms with van der Waals surface area (Å²) in [5.74, 6) is -0.151. The van der Waals surface area contributed by atoms with Crippen LogP contribution in [-0.2, 0) is 9.59 Å². The van der Waals surface area contributed by atoms with Gasteiger partial charge in [-0.25, -0.2) is 0 Å². The fraction of sp³-hybridized carbons (Fsp3) is 0.0952. The summed E-state index contributed by atoms with van der Waals surface area (Å²) in [5, 5.41) is 4.60. The topological polar surface area (TPSA) is 88.7 Å². The molecule has 0 fully saturated rings. The number of halogens is 4. The molecule has 0 bridgehead atoms. The summed E-state index contributed by atoms with van der Waals surface area (Å²) in [6.07, 6.45) is 0. The van der Waals surface area contributed by atoms with Gasteiger partial charge in [0.05, 0.1) is 9.50 Å². The van der Waals surface area contributed by atoms with Gasteiger partial charge in [-0.05, 0) is 75.3 Å². The molecule has 0 spiro atoms. The van der Waals surface area contributed by atoms with Crippen LogP contribution in [0.15, 0.2) is 61.9 Å². The van der Waals surface area contributed by atoms with Gasteiger partial charge in [0.2, 0.25) is 0 Å². The third-order valence-corrected chi connectivity index (χ3v) is 6.36. The van der Waals surface area contributed by atoms with Gasteiger partial charge in [0.15, 0.2) is 18.3 Å². The fourth-order valence-corrected chi connectivity index (χ4v) is 4.47. The molecule has 0 aliphatic carbocycles. The molecule has 3 rings (SSSR count). The number of rotatable bonds is 6. The van der Waals surface area contributed by atoms with Gasteiger partial charge in [0, 0.05) is 8.95 Å². The van der Waals surface area contributed by atoms with Crippen molar-refractivity contribution in [1.29, 1.82) is 0 Å². The molecule has 3 aromatic carbocycles. The highest BCUT2D eigenvalue weighted by molar-refractivity contribution is 9.11. The van der Waals surface area contributed by atoms with Crippen LogP contribution in [0.3, 0.4) is 0 Å². The number of thiocarbonyl (C=S) groups is 1. The normalized spacial score (nSPS) is 10.4. The third kappa shape index (κ3) is 7.54. The van der Waals surface area contributed by atoms with E-state index in [1.807, 2.05) is 24.3 Å². The number of amides is 2. The quantitative estimate of drug-likeness (QED) is 0.243. The van der Waals surface area contributed by atoms with E-state index in [0.717, 1.165) is 24.2 Å². The number of carbonyl (C=O) groups excluding carboxylic acids is 2. The molecular formula is C21H15Br3ClN3O4S. The standard InChI is InChI=1S/C21H15Br3ClN3O4S/c22-12-2-4-14-11(7-12)1-5-17(20(14)24)32-10-19(30)27-28-21(33)26-18(29)9-31-16-6-3-13(23)8-15(16)25/h1-8H,9-10H2,(H,27,30)(H2,26,28,29,33). The van der Waals surface area contributed by atoms with Gasteiger partial charge in [-0.1, -0.05) is 55.6 Å². The molecule has 0 saturated heterocycles.